The topological polar surface area (TPSA) is 44.1 Å². The molecule has 3 aromatic rings. The van der Waals surface area contributed by atoms with Crippen LogP contribution in [0.4, 0.5) is 0 Å². The van der Waals surface area contributed by atoms with Crippen molar-refractivity contribution < 1.29 is 9.53 Å². The Morgan fingerprint density at radius 3 is 2.72 bits per heavy atom. The van der Waals surface area contributed by atoms with Gasteiger partial charge in [0.05, 0.1) is 6.61 Å². The fourth-order valence-corrected chi connectivity index (χ4v) is 3.38. The number of imidazole rings is 1. The zero-order valence-electron chi connectivity index (χ0n) is 14.3. The van der Waals surface area contributed by atoms with Gasteiger partial charge in [-0.3, -0.25) is 0 Å². The van der Waals surface area contributed by atoms with Crippen LogP contribution < -0.4 is 0 Å². The summed E-state index contributed by atoms with van der Waals surface area (Å²) in [6.45, 7) is 4.83. The molecule has 0 saturated carbocycles. The Morgan fingerprint density at radius 2 is 2.04 bits per heavy atom. The number of benzene rings is 1. The molecular weight excluding hydrogens is 332 g/mol. The second kappa shape index (κ2) is 7.94. The summed E-state index contributed by atoms with van der Waals surface area (Å²) in [4.78, 5) is 19.1. The zero-order valence-corrected chi connectivity index (χ0v) is 15.1. The van der Waals surface area contributed by atoms with Gasteiger partial charge in [-0.15, -0.1) is 11.3 Å². The molecule has 1 aromatic carbocycles. The molecule has 0 saturated heterocycles. The summed E-state index contributed by atoms with van der Waals surface area (Å²) in [5.41, 5.74) is 1.63. The zero-order chi connectivity index (χ0) is 17.6. The summed E-state index contributed by atoms with van der Waals surface area (Å²) in [5, 5.41) is 0. The standard InChI is InChI=1S/C20H20N2O2S/c1-3-24-20(23)18(13-17-10-9-15(2)25-17)19-21-11-12-22(19)14-16-7-5-4-6-8-16/h4-13H,3,14H2,1-2H3. The first-order valence-electron chi connectivity index (χ1n) is 8.18. The van der Waals surface area contributed by atoms with Crippen LogP contribution in [0.25, 0.3) is 11.6 Å². The van der Waals surface area contributed by atoms with Gasteiger partial charge in [-0.25, -0.2) is 9.78 Å². The summed E-state index contributed by atoms with van der Waals surface area (Å²) in [6.07, 6.45) is 5.46. The normalized spacial score (nSPS) is 11.5. The Labute approximate surface area is 151 Å². The summed E-state index contributed by atoms with van der Waals surface area (Å²) < 4.78 is 7.23. The highest BCUT2D eigenvalue weighted by atomic mass is 32.1. The molecular formula is C20H20N2O2S. The highest BCUT2D eigenvalue weighted by Crippen LogP contribution is 2.24. The molecule has 128 valence electrons. The third-order valence-corrected chi connectivity index (χ3v) is 4.64. The second-order valence-corrected chi connectivity index (χ2v) is 6.91. The first-order chi connectivity index (χ1) is 12.2. The summed E-state index contributed by atoms with van der Waals surface area (Å²) >= 11 is 1.64. The van der Waals surface area contributed by atoms with E-state index in [2.05, 4.69) is 17.1 Å². The van der Waals surface area contributed by atoms with Crippen LogP contribution in [0.5, 0.6) is 0 Å². The molecule has 0 unspecified atom stereocenters. The minimum absolute atomic E-state index is 0.332. The Bertz CT molecular complexity index is 878. The van der Waals surface area contributed by atoms with Crippen molar-refractivity contribution in [2.45, 2.75) is 20.4 Å². The maximum atomic E-state index is 12.5. The van der Waals surface area contributed by atoms with Crippen molar-refractivity contribution in [3.8, 4) is 0 Å². The van der Waals surface area contributed by atoms with Crippen molar-refractivity contribution in [1.29, 1.82) is 0 Å². The first-order valence-corrected chi connectivity index (χ1v) is 8.99. The number of rotatable bonds is 6. The lowest BCUT2D eigenvalue weighted by atomic mass is 10.2. The van der Waals surface area contributed by atoms with Gasteiger partial charge in [0.1, 0.15) is 11.4 Å². The lowest BCUT2D eigenvalue weighted by Gasteiger charge is -2.10. The number of aryl methyl sites for hydroxylation is 1. The maximum Gasteiger partial charge on any atom is 0.341 e. The number of hydrogen-bond donors (Lipinski definition) is 0. The molecule has 2 aromatic heterocycles. The van der Waals surface area contributed by atoms with E-state index in [1.165, 1.54) is 4.88 Å². The largest absolute Gasteiger partial charge is 0.462 e. The molecule has 3 rings (SSSR count). The molecule has 0 radical (unpaired) electrons. The van der Waals surface area contributed by atoms with Crippen molar-refractivity contribution in [1.82, 2.24) is 9.55 Å². The lowest BCUT2D eigenvalue weighted by Crippen LogP contribution is -2.12. The van der Waals surface area contributed by atoms with Crippen LogP contribution in [-0.2, 0) is 16.1 Å². The molecule has 0 fully saturated rings. The van der Waals surface area contributed by atoms with Crippen LogP contribution in [0.15, 0.2) is 54.9 Å². The van der Waals surface area contributed by atoms with Crippen molar-refractivity contribution >= 4 is 29.0 Å². The van der Waals surface area contributed by atoms with E-state index < -0.39 is 0 Å². The third-order valence-electron chi connectivity index (χ3n) is 3.70. The van der Waals surface area contributed by atoms with E-state index in [1.807, 2.05) is 54.1 Å². The Morgan fingerprint density at radius 1 is 1.24 bits per heavy atom. The molecule has 2 heterocycles. The molecule has 0 atom stereocenters. The van der Waals surface area contributed by atoms with Gasteiger partial charge in [0.15, 0.2) is 0 Å². The van der Waals surface area contributed by atoms with Crippen LogP contribution >= 0.6 is 11.3 Å². The van der Waals surface area contributed by atoms with Gasteiger partial charge in [0, 0.05) is 28.7 Å². The molecule has 0 bridgehead atoms. The van der Waals surface area contributed by atoms with Crippen molar-refractivity contribution in [2.24, 2.45) is 0 Å². The van der Waals surface area contributed by atoms with E-state index in [0.29, 0.717) is 24.5 Å². The molecule has 0 spiro atoms. The first kappa shape index (κ1) is 17.2. The predicted octanol–water partition coefficient (Wildman–Crippen LogP) is 4.41. The van der Waals surface area contributed by atoms with Crippen molar-refractivity contribution in [2.75, 3.05) is 6.61 Å². The lowest BCUT2D eigenvalue weighted by molar-refractivity contribution is -0.136. The number of carbonyl (C=O) groups excluding carboxylic acids is 1. The number of esters is 1. The predicted molar refractivity (Wildman–Crippen MR) is 101 cm³/mol. The molecule has 0 N–H and O–H groups in total. The number of ether oxygens (including phenoxy) is 1. The Kier molecular flexibility index (Phi) is 5.46. The van der Waals surface area contributed by atoms with E-state index in [1.54, 1.807) is 24.5 Å². The molecule has 0 aliphatic carbocycles. The van der Waals surface area contributed by atoms with Crippen LogP contribution in [0.3, 0.4) is 0 Å². The van der Waals surface area contributed by atoms with E-state index in [4.69, 9.17) is 4.74 Å². The maximum absolute atomic E-state index is 12.5. The van der Waals surface area contributed by atoms with Crippen LogP contribution in [-0.4, -0.2) is 22.1 Å². The van der Waals surface area contributed by atoms with Crippen molar-refractivity contribution in [3.63, 3.8) is 0 Å². The highest BCUT2D eigenvalue weighted by Gasteiger charge is 2.19. The number of nitrogens with zero attached hydrogens (tertiary/aromatic N) is 2. The van der Waals surface area contributed by atoms with Gasteiger partial charge >= 0.3 is 5.97 Å². The summed E-state index contributed by atoms with van der Waals surface area (Å²) in [6, 6.07) is 14.1. The Balaban J connectivity index is 1.98. The number of carbonyl (C=O) groups is 1. The monoisotopic (exact) mass is 352 g/mol. The number of aromatic nitrogens is 2. The van der Waals surface area contributed by atoms with Gasteiger partial charge in [-0.2, -0.15) is 0 Å². The fraction of sp³-hybridized carbons (Fsp3) is 0.200. The molecule has 25 heavy (non-hydrogen) atoms. The van der Waals surface area contributed by atoms with Crippen LogP contribution in [0, 0.1) is 6.92 Å². The molecule has 0 aliphatic rings. The molecule has 4 nitrogen and oxygen atoms in total. The average Bonchev–Trinajstić information content (AvgIpc) is 3.23. The minimum atomic E-state index is -0.353. The van der Waals surface area contributed by atoms with Gasteiger partial charge in [-0.05, 0) is 37.6 Å². The number of hydrogen-bond acceptors (Lipinski definition) is 4. The van der Waals surface area contributed by atoms with Crippen molar-refractivity contribution in [3.05, 3.63) is 76.0 Å². The smallest absolute Gasteiger partial charge is 0.341 e. The quantitative estimate of drug-likeness (QED) is 0.488. The number of thiophene rings is 1. The SMILES string of the molecule is CCOC(=O)C(=Cc1ccc(C)s1)c1nccn1Cc1ccccc1. The Hall–Kier alpha value is -2.66. The summed E-state index contributed by atoms with van der Waals surface area (Å²) in [5.74, 6) is 0.266. The fourth-order valence-electron chi connectivity index (χ4n) is 2.56. The van der Waals surface area contributed by atoms with Crippen LogP contribution in [0.2, 0.25) is 0 Å². The molecule has 0 aliphatic heterocycles. The highest BCUT2D eigenvalue weighted by molar-refractivity contribution is 7.12. The average molecular weight is 352 g/mol. The molecule has 5 heteroatoms. The van der Waals surface area contributed by atoms with Gasteiger partial charge < -0.3 is 9.30 Å². The van der Waals surface area contributed by atoms with E-state index in [-0.39, 0.29) is 5.97 Å². The minimum Gasteiger partial charge on any atom is -0.462 e. The van der Waals surface area contributed by atoms with Gasteiger partial charge in [0.2, 0.25) is 0 Å². The van der Waals surface area contributed by atoms with Gasteiger partial charge in [0.25, 0.3) is 0 Å². The second-order valence-electron chi connectivity index (χ2n) is 5.59. The van der Waals surface area contributed by atoms with E-state index >= 15 is 0 Å². The van der Waals surface area contributed by atoms with E-state index in [9.17, 15) is 4.79 Å². The third kappa shape index (κ3) is 4.25. The van der Waals surface area contributed by atoms with Crippen LogP contribution in [0.1, 0.15) is 28.1 Å². The van der Waals surface area contributed by atoms with Gasteiger partial charge in [-0.1, -0.05) is 30.3 Å². The van der Waals surface area contributed by atoms with E-state index in [0.717, 1.165) is 10.4 Å². The summed E-state index contributed by atoms with van der Waals surface area (Å²) in [7, 11) is 0. The molecule has 0 amide bonds.